The van der Waals surface area contributed by atoms with Crippen LogP contribution in [0.15, 0.2) is 51.3 Å². The molecule has 5 nitrogen and oxygen atoms in total. The van der Waals surface area contributed by atoms with Crippen LogP contribution >= 0.6 is 23.6 Å². The topological polar surface area (TPSA) is 63.0 Å². The average molecular weight is 368 g/mol. The van der Waals surface area contributed by atoms with Gasteiger partial charge in [0.2, 0.25) is 5.82 Å². The summed E-state index contributed by atoms with van der Waals surface area (Å²) in [5.41, 5.74) is 5.08. The lowest BCUT2D eigenvalue weighted by Crippen LogP contribution is -2.42. The van der Waals surface area contributed by atoms with Crippen LogP contribution in [-0.2, 0) is 0 Å². The minimum Gasteiger partial charge on any atom is -0.351 e. The van der Waals surface area contributed by atoms with Crippen molar-refractivity contribution < 1.29 is 4.52 Å². The predicted octanol–water partition coefficient (Wildman–Crippen LogP) is 4.06. The smallest absolute Gasteiger partial charge is 0.258 e. The molecule has 1 aliphatic heterocycles. The molecular weight excluding hydrogens is 352 g/mol. The highest BCUT2D eigenvalue weighted by atomic mass is 32.1. The van der Waals surface area contributed by atoms with Gasteiger partial charge in [-0.05, 0) is 48.5 Å². The van der Waals surface area contributed by atoms with Gasteiger partial charge < -0.3 is 15.2 Å². The molecule has 0 aliphatic carbocycles. The summed E-state index contributed by atoms with van der Waals surface area (Å²) in [5, 5.41) is 15.3. The molecule has 2 N–H and O–H groups in total. The number of nitrogens with one attached hydrogen (secondary N) is 2. The molecule has 1 aromatic carbocycles. The zero-order valence-corrected chi connectivity index (χ0v) is 15.4. The van der Waals surface area contributed by atoms with Gasteiger partial charge in [-0.1, -0.05) is 35.0 Å². The Balaban J connectivity index is 1.75. The molecule has 25 heavy (non-hydrogen) atoms. The minimum absolute atomic E-state index is 0.105. The Hall–Kier alpha value is -2.51. The maximum Gasteiger partial charge on any atom is 0.258 e. The largest absolute Gasteiger partial charge is 0.351 e. The summed E-state index contributed by atoms with van der Waals surface area (Å²) in [7, 11) is 0. The number of rotatable bonds is 3. The molecular formula is C18H16N4OS2. The summed E-state index contributed by atoms with van der Waals surface area (Å²) < 4.78 is 5.58. The highest BCUT2D eigenvalue weighted by molar-refractivity contribution is 7.80. The number of hydrogen-bond acceptors (Lipinski definition) is 5. The monoisotopic (exact) mass is 368 g/mol. The number of allylic oxidation sites excluding steroid dienone is 1. The van der Waals surface area contributed by atoms with E-state index in [4.69, 9.17) is 16.7 Å². The van der Waals surface area contributed by atoms with Gasteiger partial charge in [-0.2, -0.15) is 16.3 Å². The summed E-state index contributed by atoms with van der Waals surface area (Å²) in [6, 6.07) is 10.0. The van der Waals surface area contributed by atoms with Crippen LogP contribution in [0.3, 0.4) is 0 Å². The van der Waals surface area contributed by atoms with E-state index in [-0.39, 0.29) is 6.04 Å². The van der Waals surface area contributed by atoms with Crippen molar-refractivity contribution >= 4 is 34.2 Å². The first-order valence-corrected chi connectivity index (χ1v) is 9.18. The first-order valence-electron chi connectivity index (χ1n) is 7.83. The average Bonchev–Trinajstić information content (AvgIpc) is 3.26. The lowest BCUT2D eigenvalue weighted by atomic mass is 9.98. The summed E-state index contributed by atoms with van der Waals surface area (Å²) in [5.74, 6) is 1.07. The van der Waals surface area contributed by atoms with Gasteiger partial charge in [0.1, 0.15) is 0 Å². The fourth-order valence-electron chi connectivity index (χ4n) is 2.82. The van der Waals surface area contributed by atoms with Gasteiger partial charge in [-0.3, -0.25) is 0 Å². The zero-order valence-electron chi connectivity index (χ0n) is 13.7. The van der Waals surface area contributed by atoms with Crippen LogP contribution in [0.1, 0.15) is 30.0 Å². The number of aromatic nitrogens is 2. The molecule has 0 saturated carbocycles. The van der Waals surface area contributed by atoms with Crippen LogP contribution in [0.2, 0.25) is 0 Å². The van der Waals surface area contributed by atoms with E-state index in [9.17, 15) is 0 Å². The molecule has 0 saturated heterocycles. The fraction of sp³-hybridized carbons (Fsp3) is 0.167. The summed E-state index contributed by atoms with van der Waals surface area (Å²) in [6.07, 6.45) is 0. The Bertz CT molecular complexity index is 942. The van der Waals surface area contributed by atoms with Crippen molar-refractivity contribution in [2.45, 2.75) is 19.9 Å². The Labute approximate surface area is 154 Å². The number of thiophene rings is 1. The third-order valence-corrected chi connectivity index (χ3v) is 5.03. The second-order valence-electron chi connectivity index (χ2n) is 5.92. The molecule has 3 aromatic rings. The lowest BCUT2D eigenvalue weighted by molar-refractivity contribution is 0.403. The van der Waals surface area contributed by atoms with Crippen molar-refractivity contribution in [1.29, 1.82) is 0 Å². The van der Waals surface area contributed by atoms with Crippen molar-refractivity contribution in [3.63, 3.8) is 0 Å². The maximum atomic E-state index is 5.58. The van der Waals surface area contributed by atoms with Gasteiger partial charge in [-0.25, -0.2) is 0 Å². The van der Waals surface area contributed by atoms with Gasteiger partial charge in [-0.15, -0.1) is 0 Å². The third-order valence-electron chi connectivity index (χ3n) is 4.11. The minimum atomic E-state index is -0.105. The van der Waals surface area contributed by atoms with E-state index in [1.165, 1.54) is 5.56 Å². The summed E-state index contributed by atoms with van der Waals surface area (Å²) >= 11 is 6.95. The molecule has 0 fully saturated rings. The number of thiocarbonyl (C=S) groups is 1. The van der Waals surface area contributed by atoms with Crippen molar-refractivity contribution in [2.75, 3.05) is 0 Å². The number of nitrogens with zero attached hydrogens (tertiary/aromatic N) is 2. The molecule has 0 bridgehead atoms. The van der Waals surface area contributed by atoms with Gasteiger partial charge >= 0.3 is 0 Å². The Morgan fingerprint density at radius 1 is 1.16 bits per heavy atom. The molecule has 1 unspecified atom stereocenters. The van der Waals surface area contributed by atoms with Crippen molar-refractivity contribution in [3.8, 4) is 11.4 Å². The molecule has 0 amide bonds. The second-order valence-corrected chi connectivity index (χ2v) is 7.10. The van der Waals surface area contributed by atoms with Crippen molar-refractivity contribution in [3.05, 3.63) is 63.8 Å². The second kappa shape index (κ2) is 6.42. The molecule has 1 atom stereocenters. The molecule has 0 radical (unpaired) electrons. The fourth-order valence-corrected chi connectivity index (χ4v) is 3.78. The molecule has 7 heteroatoms. The van der Waals surface area contributed by atoms with E-state index in [2.05, 4.69) is 32.2 Å². The molecule has 126 valence electrons. The van der Waals surface area contributed by atoms with E-state index in [1.807, 2.05) is 43.5 Å². The van der Waals surface area contributed by atoms with E-state index in [0.29, 0.717) is 16.8 Å². The third kappa shape index (κ3) is 3.08. The predicted molar refractivity (Wildman–Crippen MR) is 103 cm³/mol. The molecule has 2 aromatic heterocycles. The van der Waals surface area contributed by atoms with Crippen LogP contribution in [0, 0.1) is 6.92 Å². The first kappa shape index (κ1) is 16.0. The number of aryl methyl sites for hydroxylation is 1. The van der Waals surface area contributed by atoms with E-state index >= 15 is 0 Å². The van der Waals surface area contributed by atoms with Gasteiger partial charge in [0.25, 0.3) is 5.89 Å². The van der Waals surface area contributed by atoms with Crippen LogP contribution < -0.4 is 10.6 Å². The highest BCUT2D eigenvalue weighted by Gasteiger charge is 2.30. The first-order chi connectivity index (χ1) is 12.1. The van der Waals surface area contributed by atoms with Crippen molar-refractivity contribution in [1.82, 2.24) is 20.8 Å². The van der Waals surface area contributed by atoms with Gasteiger partial charge in [0.15, 0.2) is 5.11 Å². The Morgan fingerprint density at radius 3 is 2.68 bits per heavy atom. The quantitative estimate of drug-likeness (QED) is 0.680. The number of benzene rings is 1. The van der Waals surface area contributed by atoms with Crippen LogP contribution in [0.4, 0.5) is 0 Å². The van der Waals surface area contributed by atoms with E-state index in [0.717, 1.165) is 22.4 Å². The highest BCUT2D eigenvalue weighted by Crippen LogP contribution is 2.35. The van der Waals surface area contributed by atoms with E-state index < -0.39 is 0 Å². The number of hydrogen-bond donors (Lipinski definition) is 2. The Morgan fingerprint density at radius 2 is 1.96 bits per heavy atom. The molecule has 0 spiro atoms. The van der Waals surface area contributed by atoms with Crippen LogP contribution in [0.5, 0.6) is 0 Å². The molecule has 4 rings (SSSR count). The summed E-state index contributed by atoms with van der Waals surface area (Å²) in [6.45, 7) is 4.02. The van der Waals surface area contributed by atoms with Crippen LogP contribution in [0.25, 0.3) is 17.0 Å². The standard InChI is InChI=1S/C18H16N4OS2/c1-10-3-5-12(6-4-10)16-21-17(23-22-16)14-11(2)19-18(24)20-15(14)13-7-8-25-9-13/h3-9,15H,1-2H3,(H2,19,20,24). The summed E-state index contributed by atoms with van der Waals surface area (Å²) in [4.78, 5) is 4.61. The normalized spacial score (nSPS) is 17.4. The lowest BCUT2D eigenvalue weighted by Gasteiger charge is -2.28. The zero-order chi connectivity index (χ0) is 17.4. The van der Waals surface area contributed by atoms with E-state index in [1.54, 1.807) is 11.3 Å². The molecule has 3 heterocycles. The van der Waals surface area contributed by atoms with Gasteiger partial charge in [0.05, 0.1) is 11.6 Å². The Kier molecular flexibility index (Phi) is 4.10. The molecule has 1 aliphatic rings. The van der Waals surface area contributed by atoms with Crippen molar-refractivity contribution in [2.24, 2.45) is 0 Å². The maximum absolute atomic E-state index is 5.58. The van der Waals surface area contributed by atoms with Crippen LogP contribution in [-0.4, -0.2) is 15.3 Å². The van der Waals surface area contributed by atoms with Gasteiger partial charge in [0, 0.05) is 11.3 Å². The SMILES string of the molecule is CC1=C(c2nc(-c3ccc(C)cc3)no2)C(c2ccsc2)NC(=S)N1.